The summed E-state index contributed by atoms with van der Waals surface area (Å²) in [5.74, 6) is 0.0177. The van der Waals surface area contributed by atoms with Crippen LogP contribution in [0, 0.1) is 0 Å². The molecular formula is C15H31BN6O4. The Morgan fingerprint density at radius 3 is 2.50 bits per heavy atom. The predicted octanol–water partition coefficient (Wildman–Crippen LogP) is -0.0969. The van der Waals surface area contributed by atoms with Gasteiger partial charge in [0.1, 0.15) is 0 Å². The minimum Gasteiger partial charge on any atom is -0.437 e. The molecule has 2 atom stereocenters. The summed E-state index contributed by atoms with van der Waals surface area (Å²) in [7, 11) is 4.96. The summed E-state index contributed by atoms with van der Waals surface area (Å²) in [5, 5.41) is 13.0. The molecule has 0 radical (unpaired) electrons. The Morgan fingerprint density at radius 2 is 1.92 bits per heavy atom. The molecule has 1 amide bonds. The van der Waals surface area contributed by atoms with Gasteiger partial charge in [-0.2, -0.15) is 0 Å². The van der Waals surface area contributed by atoms with Crippen LogP contribution in [0.1, 0.15) is 6.42 Å². The van der Waals surface area contributed by atoms with Gasteiger partial charge in [0.25, 0.3) is 0 Å². The Balaban J connectivity index is 2.12. The molecule has 0 saturated carbocycles. The van der Waals surface area contributed by atoms with Crippen molar-refractivity contribution >= 4 is 13.0 Å². The van der Waals surface area contributed by atoms with E-state index in [1.807, 2.05) is 19.0 Å². The van der Waals surface area contributed by atoms with E-state index in [4.69, 9.17) is 15.0 Å². The fourth-order valence-corrected chi connectivity index (χ4v) is 2.70. The third-order valence-corrected chi connectivity index (χ3v) is 4.57. The first-order chi connectivity index (χ1) is 12.4. The van der Waals surface area contributed by atoms with Crippen molar-refractivity contribution in [3.05, 3.63) is 10.4 Å². The molecule has 0 spiro atoms. The lowest BCUT2D eigenvalue weighted by atomic mass is 9.86. The topological polar surface area (TPSA) is 114 Å². The molecule has 0 aliphatic carbocycles. The molecule has 1 aliphatic heterocycles. The molecule has 1 saturated heterocycles. The van der Waals surface area contributed by atoms with Crippen molar-refractivity contribution in [1.29, 1.82) is 0 Å². The van der Waals surface area contributed by atoms with Crippen molar-refractivity contribution in [2.45, 2.75) is 25.3 Å². The molecule has 0 bridgehead atoms. The van der Waals surface area contributed by atoms with E-state index in [-0.39, 0.29) is 18.0 Å². The van der Waals surface area contributed by atoms with Crippen LogP contribution in [0.2, 0.25) is 6.82 Å². The highest BCUT2D eigenvalue weighted by Gasteiger charge is 2.35. The first-order valence-electron chi connectivity index (χ1n) is 8.90. The van der Waals surface area contributed by atoms with Crippen LogP contribution in [-0.2, 0) is 14.3 Å². The van der Waals surface area contributed by atoms with Crippen molar-refractivity contribution in [3.63, 3.8) is 0 Å². The number of nitrogens with zero attached hydrogens (tertiary/aromatic N) is 6. The van der Waals surface area contributed by atoms with E-state index in [2.05, 4.69) is 10.0 Å². The number of likely N-dealkylation sites (N-methyl/N-ethyl adjacent to an activating group) is 3. The Labute approximate surface area is 155 Å². The summed E-state index contributed by atoms with van der Waals surface area (Å²) in [6.07, 6.45) is 0.555. The average molecular weight is 370 g/mol. The third-order valence-electron chi connectivity index (χ3n) is 4.57. The van der Waals surface area contributed by atoms with Crippen LogP contribution < -0.4 is 0 Å². The molecule has 1 N–H and O–H groups in total. The van der Waals surface area contributed by atoms with Gasteiger partial charge in [-0.25, -0.2) is 0 Å². The standard InChI is InChI=1S/C15H31BN6O4/c1-16(24)22(4)6-8-26-10-9-25-7-5-20(2)15(23)14-11-13(18-19-17)12-21(14)3/h13-14,24H,5-12H2,1-4H3/t13-,14-/m0/s1. The van der Waals surface area contributed by atoms with Gasteiger partial charge in [0.2, 0.25) is 5.91 Å². The van der Waals surface area contributed by atoms with E-state index in [0.29, 0.717) is 52.5 Å². The van der Waals surface area contributed by atoms with Gasteiger partial charge in [-0.3, -0.25) is 9.69 Å². The second-order valence-electron chi connectivity index (χ2n) is 6.65. The minimum atomic E-state index is -0.483. The summed E-state index contributed by atoms with van der Waals surface area (Å²) in [6.45, 7) is 5.38. The van der Waals surface area contributed by atoms with E-state index >= 15 is 0 Å². The number of hydrogen-bond donors (Lipinski definition) is 1. The maximum atomic E-state index is 12.5. The molecule has 11 heteroatoms. The largest absolute Gasteiger partial charge is 0.437 e. The van der Waals surface area contributed by atoms with Gasteiger partial charge in [0, 0.05) is 31.6 Å². The highest BCUT2D eigenvalue weighted by atomic mass is 16.5. The Kier molecular flexibility index (Phi) is 10.6. The van der Waals surface area contributed by atoms with Crippen LogP contribution in [0.5, 0.6) is 0 Å². The lowest BCUT2D eigenvalue weighted by Gasteiger charge is -2.25. The zero-order valence-electron chi connectivity index (χ0n) is 16.2. The first kappa shape index (κ1) is 22.7. The monoisotopic (exact) mass is 370 g/mol. The molecule has 0 aromatic carbocycles. The van der Waals surface area contributed by atoms with Gasteiger partial charge in [-0.1, -0.05) is 5.11 Å². The van der Waals surface area contributed by atoms with E-state index in [0.717, 1.165) is 0 Å². The summed E-state index contributed by atoms with van der Waals surface area (Å²) >= 11 is 0. The van der Waals surface area contributed by atoms with Crippen LogP contribution in [-0.4, -0.2) is 112 Å². The molecule has 0 aromatic heterocycles. The summed E-state index contributed by atoms with van der Waals surface area (Å²) in [6, 6.07) is -0.390. The molecule has 1 heterocycles. The van der Waals surface area contributed by atoms with Crippen molar-refractivity contribution in [1.82, 2.24) is 14.6 Å². The second kappa shape index (κ2) is 12.1. The Bertz CT molecular complexity index is 477. The SMILES string of the molecule is CB(O)N(C)CCOCCOCCN(C)C(=O)[C@@H]1C[C@H](N=[N+]=[N-])CN1C. The van der Waals surface area contributed by atoms with Crippen molar-refractivity contribution in [2.75, 3.05) is 67.2 Å². The number of carbonyl (C=O) groups excluding carboxylic acids is 1. The Hall–Kier alpha value is -1.36. The smallest absolute Gasteiger partial charge is 0.376 e. The molecular weight excluding hydrogens is 339 g/mol. The van der Waals surface area contributed by atoms with Crippen LogP contribution in [0.25, 0.3) is 10.4 Å². The molecule has 1 fully saturated rings. The maximum Gasteiger partial charge on any atom is 0.376 e. The first-order valence-corrected chi connectivity index (χ1v) is 8.90. The molecule has 148 valence electrons. The lowest BCUT2D eigenvalue weighted by Crippen LogP contribution is -2.43. The van der Waals surface area contributed by atoms with Gasteiger partial charge >= 0.3 is 7.05 Å². The molecule has 1 rings (SSSR count). The van der Waals surface area contributed by atoms with Crippen molar-refractivity contribution in [3.8, 4) is 0 Å². The lowest BCUT2D eigenvalue weighted by molar-refractivity contribution is -0.135. The zero-order valence-corrected chi connectivity index (χ0v) is 16.2. The van der Waals surface area contributed by atoms with Crippen molar-refractivity contribution < 1.29 is 19.3 Å². The number of carbonyl (C=O) groups is 1. The highest BCUT2D eigenvalue weighted by Crippen LogP contribution is 2.20. The van der Waals surface area contributed by atoms with Crippen LogP contribution >= 0.6 is 0 Å². The van der Waals surface area contributed by atoms with Crippen LogP contribution in [0.4, 0.5) is 0 Å². The molecule has 26 heavy (non-hydrogen) atoms. The van der Waals surface area contributed by atoms with Gasteiger partial charge in [0.05, 0.1) is 38.5 Å². The fourth-order valence-electron chi connectivity index (χ4n) is 2.70. The van der Waals surface area contributed by atoms with Crippen LogP contribution in [0.15, 0.2) is 5.11 Å². The zero-order chi connectivity index (χ0) is 19.5. The van der Waals surface area contributed by atoms with Crippen molar-refractivity contribution in [2.24, 2.45) is 5.11 Å². The summed E-state index contributed by atoms with van der Waals surface area (Å²) in [4.78, 5) is 20.7. The number of rotatable bonds is 12. The quantitative estimate of drug-likeness (QED) is 0.169. The van der Waals surface area contributed by atoms with E-state index in [9.17, 15) is 9.82 Å². The van der Waals surface area contributed by atoms with Gasteiger partial charge in [-0.15, -0.1) is 0 Å². The van der Waals surface area contributed by atoms with Crippen LogP contribution in [0.3, 0.4) is 0 Å². The third kappa shape index (κ3) is 7.90. The van der Waals surface area contributed by atoms with Gasteiger partial charge in [0.15, 0.2) is 0 Å². The summed E-state index contributed by atoms with van der Waals surface area (Å²) < 4.78 is 10.9. The average Bonchev–Trinajstić information content (AvgIpc) is 2.96. The Morgan fingerprint density at radius 1 is 1.31 bits per heavy atom. The molecule has 0 unspecified atom stereocenters. The number of hydrogen-bond acceptors (Lipinski definition) is 7. The van der Waals surface area contributed by atoms with E-state index < -0.39 is 7.05 Å². The molecule has 1 aliphatic rings. The predicted molar refractivity (Wildman–Crippen MR) is 99.7 cm³/mol. The van der Waals surface area contributed by atoms with Gasteiger partial charge < -0.3 is 24.2 Å². The fraction of sp³-hybridized carbons (Fsp3) is 0.933. The van der Waals surface area contributed by atoms with Gasteiger partial charge in [-0.05, 0) is 32.9 Å². The number of likely N-dealkylation sites (tertiary alicyclic amines) is 1. The summed E-state index contributed by atoms with van der Waals surface area (Å²) in [5.41, 5.74) is 8.52. The van der Waals surface area contributed by atoms with E-state index in [1.165, 1.54) is 0 Å². The number of ether oxygens (including phenoxy) is 2. The maximum absolute atomic E-state index is 12.5. The normalized spacial score (nSPS) is 20.2. The highest BCUT2D eigenvalue weighted by molar-refractivity contribution is 6.45. The minimum absolute atomic E-state index is 0.0177. The molecule has 0 aromatic rings. The number of amides is 1. The van der Waals surface area contributed by atoms with E-state index in [1.54, 1.807) is 23.6 Å². The second-order valence-corrected chi connectivity index (χ2v) is 6.65. The number of azide groups is 1. The molecule has 10 nitrogen and oxygen atoms in total.